The minimum absolute atomic E-state index is 0.416. The second-order valence-electron chi connectivity index (χ2n) is 5.99. The van der Waals surface area contributed by atoms with Gasteiger partial charge in [-0.3, -0.25) is 0 Å². The first kappa shape index (κ1) is 11.2. The Morgan fingerprint density at radius 3 is 2.73 bits per heavy atom. The summed E-state index contributed by atoms with van der Waals surface area (Å²) in [6, 6.07) is 0. The minimum Gasteiger partial charge on any atom is -0.390 e. The van der Waals surface area contributed by atoms with Crippen LogP contribution in [0.25, 0.3) is 0 Å². The average Bonchev–Trinajstić information content (AvgIpc) is 2.17. The lowest BCUT2D eigenvalue weighted by Gasteiger charge is -2.48. The second-order valence-corrected chi connectivity index (χ2v) is 5.99. The van der Waals surface area contributed by atoms with Crippen LogP contribution in [0.5, 0.6) is 0 Å². The molecule has 1 heteroatoms. The first-order valence-corrected chi connectivity index (χ1v) is 6.41. The van der Waals surface area contributed by atoms with Crippen molar-refractivity contribution >= 4 is 0 Å². The highest BCUT2D eigenvalue weighted by atomic mass is 16.3. The van der Waals surface area contributed by atoms with Gasteiger partial charge in [0, 0.05) is 0 Å². The summed E-state index contributed by atoms with van der Waals surface area (Å²) >= 11 is 0. The molecule has 0 aromatic carbocycles. The Morgan fingerprint density at radius 2 is 2.07 bits per heavy atom. The summed E-state index contributed by atoms with van der Waals surface area (Å²) in [7, 11) is 0. The predicted octanol–water partition coefficient (Wildman–Crippen LogP) is 3.39. The smallest absolute Gasteiger partial charge is 0.0653 e. The van der Waals surface area contributed by atoms with E-state index in [4.69, 9.17) is 0 Å². The predicted molar refractivity (Wildman–Crippen MR) is 63.5 cm³/mol. The van der Waals surface area contributed by atoms with Gasteiger partial charge in [0.15, 0.2) is 0 Å². The molecule has 2 rings (SSSR count). The molecule has 0 aromatic rings. The van der Waals surface area contributed by atoms with Crippen molar-refractivity contribution in [2.75, 3.05) is 0 Å². The van der Waals surface area contributed by atoms with Crippen molar-refractivity contribution in [1.82, 2.24) is 0 Å². The standard InChI is InChI=1S/C14H24O/c1-10(2)11-8-9-14(3,15)13-7-5-4-6-12(11)13/h4,6,10-13,15H,5,7-9H2,1-3H3/t11-,12-,13-,14-/m0/s1. The lowest BCUT2D eigenvalue weighted by molar-refractivity contribution is -0.0800. The van der Waals surface area contributed by atoms with Crippen LogP contribution in [-0.2, 0) is 0 Å². The maximum absolute atomic E-state index is 10.4. The van der Waals surface area contributed by atoms with E-state index in [2.05, 4.69) is 26.0 Å². The van der Waals surface area contributed by atoms with Crippen LogP contribution in [0.2, 0.25) is 0 Å². The quantitative estimate of drug-likeness (QED) is 0.655. The number of hydrogen-bond donors (Lipinski definition) is 1. The van der Waals surface area contributed by atoms with Crippen molar-refractivity contribution in [1.29, 1.82) is 0 Å². The van der Waals surface area contributed by atoms with Gasteiger partial charge in [0.05, 0.1) is 5.60 Å². The van der Waals surface area contributed by atoms with E-state index in [9.17, 15) is 5.11 Å². The molecule has 15 heavy (non-hydrogen) atoms. The highest BCUT2D eigenvalue weighted by molar-refractivity contribution is 5.07. The highest BCUT2D eigenvalue weighted by Gasteiger charge is 2.45. The zero-order valence-electron chi connectivity index (χ0n) is 10.2. The van der Waals surface area contributed by atoms with E-state index in [-0.39, 0.29) is 0 Å². The average molecular weight is 208 g/mol. The topological polar surface area (TPSA) is 20.2 Å². The molecule has 0 amide bonds. The maximum Gasteiger partial charge on any atom is 0.0653 e. The Labute approximate surface area is 93.6 Å². The number of aliphatic hydroxyl groups is 1. The summed E-state index contributed by atoms with van der Waals surface area (Å²) in [5.74, 6) is 2.66. The Bertz CT molecular complexity index is 252. The van der Waals surface area contributed by atoms with Gasteiger partial charge in [-0.05, 0) is 56.3 Å². The summed E-state index contributed by atoms with van der Waals surface area (Å²) in [4.78, 5) is 0. The van der Waals surface area contributed by atoms with E-state index in [1.54, 1.807) is 0 Å². The van der Waals surface area contributed by atoms with Crippen LogP contribution >= 0.6 is 0 Å². The van der Waals surface area contributed by atoms with Crippen molar-refractivity contribution in [3.05, 3.63) is 12.2 Å². The van der Waals surface area contributed by atoms with Gasteiger partial charge in [-0.15, -0.1) is 0 Å². The summed E-state index contributed by atoms with van der Waals surface area (Å²) in [5, 5.41) is 10.4. The lowest BCUT2D eigenvalue weighted by atomic mass is 9.59. The van der Waals surface area contributed by atoms with Crippen LogP contribution in [0.15, 0.2) is 12.2 Å². The molecule has 4 atom stereocenters. The van der Waals surface area contributed by atoms with Crippen LogP contribution < -0.4 is 0 Å². The monoisotopic (exact) mass is 208 g/mol. The van der Waals surface area contributed by atoms with Crippen LogP contribution in [0.3, 0.4) is 0 Å². The fourth-order valence-corrected chi connectivity index (χ4v) is 3.64. The van der Waals surface area contributed by atoms with E-state index in [1.165, 1.54) is 12.8 Å². The van der Waals surface area contributed by atoms with Crippen LogP contribution in [-0.4, -0.2) is 10.7 Å². The van der Waals surface area contributed by atoms with E-state index < -0.39 is 5.60 Å². The van der Waals surface area contributed by atoms with Gasteiger partial charge in [0.1, 0.15) is 0 Å². The normalized spacial score (nSPS) is 45.5. The number of rotatable bonds is 1. The highest BCUT2D eigenvalue weighted by Crippen LogP contribution is 2.48. The molecule has 1 fully saturated rings. The number of fused-ring (bicyclic) bond motifs is 1. The Kier molecular flexibility index (Phi) is 2.94. The summed E-state index contributed by atoms with van der Waals surface area (Å²) in [6.07, 6.45) is 9.21. The molecule has 0 aliphatic heterocycles. The van der Waals surface area contributed by atoms with Gasteiger partial charge in [0.25, 0.3) is 0 Å². The van der Waals surface area contributed by atoms with Gasteiger partial charge in [-0.2, -0.15) is 0 Å². The zero-order chi connectivity index (χ0) is 11.1. The van der Waals surface area contributed by atoms with Gasteiger partial charge in [-0.1, -0.05) is 26.0 Å². The van der Waals surface area contributed by atoms with Crippen molar-refractivity contribution in [3.8, 4) is 0 Å². The minimum atomic E-state index is -0.416. The maximum atomic E-state index is 10.4. The summed E-state index contributed by atoms with van der Waals surface area (Å²) < 4.78 is 0. The SMILES string of the molecule is CC(C)[C@@H]1CC[C@](C)(O)[C@H]2CCC=C[C@@H]12. The lowest BCUT2D eigenvalue weighted by Crippen LogP contribution is -2.47. The molecule has 0 spiro atoms. The van der Waals surface area contributed by atoms with Gasteiger partial charge in [0.2, 0.25) is 0 Å². The van der Waals surface area contributed by atoms with Crippen LogP contribution in [0.1, 0.15) is 46.5 Å². The van der Waals surface area contributed by atoms with Crippen molar-refractivity contribution in [3.63, 3.8) is 0 Å². The molecule has 1 nitrogen and oxygen atoms in total. The fraction of sp³-hybridized carbons (Fsp3) is 0.857. The molecule has 1 N–H and O–H groups in total. The van der Waals surface area contributed by atoms with Crippen molar-refractivity contribution in [2.24, 2.45) is 23.7 Å². The third-order valence-electron chi connectivity index (χ3n) is 4.60. The molecule has 0 heterocycles. The largest absolute Gasteiger partial charge is 0.390 e. The van der Waals surface area contributed by atoms with Crippen molar-refractivity contribution in [2.45, 2.75) is 52.1 Å². The van der Waals surface area contributed by atoms with Crippen molar-refractivity contribution < 1.29 is 5.11 Å². The summed E-state index contributed by atoms with van der Waals surface area (Å²) in [5.41, 5.74) is -0.416. The molecule has 2 aliphatic rings. The molecule has 0 bridgehead atoms. The molecule has 0 unspecified atom stereocenters. The Hall–Kier alpha value is -0.300. The fourth-order valence-electron chi connectivity index (χ4n) is 3.64. The first-order chi connectivity index (χ1) is 7.02. The third kappa shape index (κ3) is 1.99. The van der Waals surface area contributed by atoms with Gasteiger partial charge in [-0.25, -0.2) is 0 Å². The molecule has 1 saturated carbocycles. The molecular weight excluding hydrogens is 184 g/mol. The van der Waals surface area contributed by atoms with Gasteiger partial charge < -0.3 is 5.11 Å². The summed E-state index contributed by atoms with van der Waals surface area (Å²) in [6.45, 7) is 6.69. The van der Waals surface area contributed by atoms with E-state index >= 15 is 0 Å². The van der Waals surface area contributed by atoms with Crippen LogP contribution in [0, 0.1) is 23.7 Å². The molecule has 0 radical (unpaired) electrons. The molecule has 0 saturated heterocycles. The molecule has 2 aliphatic carbocycles. The number of allylic oxidation sites excluding steroid dienone is 2. The third-order valence-corrected chi connectivity index (χ3v) is 4.60. The van der Waals surface area contributed by atoms with E-state index in [0.717, 1.165) is 24.7 Å². The zero-order valence-corrected chi connectivity index (χ0v) is 10.2. The molecule has 0 aromatic heterocycles. The van der Waals surface area contributed by atoms with E-state index in [0.29, 0.717) is 11.8 Å². The second kappa shape index (κ2) is 3.93. The van der Waals surface area contributed by atoms with E-state index in [1.807, 2.05) is 6.92 Å². The molecule has 86 valence electrons. The van der Waals surface area contributed by atoms with Crippen LogP contribution in [0.4, 0.5) is 0 Å². The Morgan fingerprint density at radius 1 is 1.33 bits per heavy atom. The molecular formula is C14H24O. The number of hydrogen-bond acceptors (Lipinski definition) is 1. The Balaban J connectivity index is 2.22. The first-order valence-electron chi connectivity index (χ1n) is 6.41. The van der Waals surface area contributed by atoms with Gasteiger partial charge >= 0.3 is 0 Å².